The van der Waals surface area contributed by atoms with Gasteiger partial charge in [-0.25, -0.2) is 4.79 Å². The van der Waals surface area contributed by atoms with E-state index in [1.165, 1.54) is 0 Å². The minimum absolute atomic E-state index is 0.445. The number of hydrogen-bond donors (Lipinski definition) is 1. The third-order valence-electron chi connectivity index (χ3n) is 3.21. The Morgan fingerprint density at radius 1 is 1.10 bits per heavy atom. The fourth-order valence-corrected chi connectivity index (χ4v) is 2.19. The summed E-state index contributed by atoms with van der Waals surface area (Å²) < 4.78 is 9.72. The molecule has 0 radical (unpaired) electrons. The van der Waals surface area contributed by atoms with Crippen LogP contribution in [0.1, 0.15) is 25.7 Å². The topological polar surface area (TPSA) is 89.9 Å². The molecule has 0 amide bonds. The van der Waals surface area contributed by atoms with E-state index in [-0.39, 0.29) is 0 Å². The second kappa shape index (κ2) is 7.47. The highest BCUT2D eigenvalue weighted by Gasteiger charge is 2.37. The first-order chi connectivity index (χ1) is 9.49. The Morgan fingerprint density at radius 2 is 1.70 bits per heavy atom. The van der Waals surface area contributed by atoms with Crippen LogP contribution in [0.4, 0.5) is 0 Å². The average molecular weight is 282 g/mol. The highest BCUT2D eigenvalue weighted by molar-refractivity contribution is 5.83. The van der Waals surface area contributed by atoms with Gasteiger partial charge in [-0.2, -0.15) is 0 Å². The van der Waals surface area contributed by atoms with Gasteiger partial charge in [0.15, 0.2) is 0 Å². The standard InChI is InChI=1S/C14H18O6/c1-3-11(15)19-12(4-2)20-14(18)10-8-6-5-7-9(10)13(16)17/h3-4,9-10,12H,1-2,5-8H2,(H,16,17). The van der Waals surface area contributed by atoms with Crippen LogP contribution < -0.4 is 0 Å². The second-order valence-electron chi connectivity index (χ2n) is 4.52. The number of esters is 2. The van der Waals surface area contributed by atoms with Crippen molar-refractivity contribution in [2.75, 3.05) is 0 Å². The first kappa shape index (κ1) is 15.9. The van der Waals surface area contributed by atoms with E-state index in [2.05, 4.69) is 13.2 Å². The predicted molar refractivity (Wildman–Crippen MR) is 69.4 cm³/mol. The van der Waals surface area contributed by atoms with Gasteiger partial charge in [-0.1, -0.05) is 26.0 Å². The highest BCUT2D eigenvalue weighted by Crippen LogP contribution is 2.31. The highest BCUT2D eigenvalue weighted by atomic mass is 16.7. The molecule has 0 bridgehead atoms. The number of ether oxygens (including phenoxy) is 2. The van der Waals surface area contributed by atoms with Crippen molar-refractivity contribution in [2.24, 2.45) is 11.8 Å². The van der Waals surface area contributed by atoms with E-state index in [0.29, 0.717) is 12.8 Å². The van der Waals surface area contributed by atoms with Gasteiger partial charge in [0, 0.05) is 6.08 Å². The molecule has 6 heteroatoms. The molecule has 0 heterocycles. The number of hydrogen-bond acceptors (Lipinski definition) is 5. The molecule has 1 fully saturated rings. The van der Waals surface area contributed by atoms with Crippen molar-refractivity contribution in [1.82, 2.24) is 0 Å². The van der Waals surface area contributed by atoms with Gasteiger partial charge in [0.2, 0.25) is 0 Å². The number of carbonyl (C=O) groups excluding carboxylic acids is 2. The lowest BCUT2D eigenvalue weighted by molar-refractivity contribution is -0.183. The summed E-state index contributed by atoms with van der Waals surface area (Å²) in [5.41, 5.74) is 0. The summed E-state index contributed by atoms with van der Waals surface area (Å²) in [7, 11) is 0. The van der Waals surface area contributed by atoms with E-state index in [1.807, 2.05) is 0 Å². The summed E-state index contributed by atoms with van der Waals surface area (Å²) in [5, 5.41) is 9.11. The molecule has 0 saturated heterocycles. The van der Waals surface area contributed by atoms with E-state index in [1.54, 1.807) is 0 Å². The van der Waals surface area contributed by atoms with E-state index in [9.17, 15) is 14.4 Å². The van der Waals surface area contributed by atoms with Crippen LogP contribution >= 0.6 is 0 Å². The molecule has 3 atom stereocenters. The molecule has 0 aliphatic heterocycles. The zero-order valence-corrected chi connectivity index (χ0v) is 11.1. The lowest BCUT2D eigenvalue weighted by Gasteiger charge is -2.27. The second-order valence-corrected chi connectivity index (χ2v) is 4.52. The van der Waals surface area contributed by atoms with Crippen molar-refractivity contribution in [3.63, 3.8) is 0 Å². The summed E-state index contributed by atoms with van der Waals surface area (Å²) in [5.74, 6) is -3.91. The molecule has 1 N–H and O–H groups in total. The summed E-state index contributed by atoms with van der Waals surface area (Å²) in [6.07, 6.45) is 3.30. The fraction of sp³-hybridized carbons (Fsp3) is 0.500. The zero-order chi connectivity index (χ0) is 15.1. The molecule has 0 aromatic heterocycles. The van der Waals surface area contributed by atoms with Crippen molar-refractivity contribution in [1.29, 1.82) is 0 Å². The van der Waals surface area contributed by atoms with E-state index in [0.717, 1.165) is 25.0 Å². The van der Waals surface area contributed by atoms with Gasteiger partial charge in [0.25, 0.3) is 6.29 Å². The van der Waals surface area contributed by atoms with Gasteiger partial charge >= 0.3 is 17.9 Å². The van der Waals surface area contributed by atoms with Crippen molar-refractivity contribution >= 4 is 17.9 Å². The molecule has 3 unspecified atom stereocenters. The van der Waals surface area contributed by atoms with Crippen LogP contribution in [-0.2, 0) is 23.9 Å². The molecule has 0 aromatic carbocycles. The number of carboxylic acids is 1. The first-order valence-electron chi connectivity index (χ1n) is 6.38. The summed E-state index contributed by atoms with van der Waals surface area (Å²) in [4.78, 5) is 34.2. The van der Waals surface area contributed by atoms with Crippen molar-refractivity contribution < 1.29 is 29.0 Å². The Bertz CT molecular complexity index is 414. The minimum atomic E-state index is -1.23. The van der Waals surface area contributed by atoms with Crippen LogP contribution in [0.3, 0.4) is 0 Å². The largest absolute Gasteiger partial charge is 0.481 e. The predicted octanol–water partition coefficient (Wildman–Crippen LogP) is 1.66. The van der Waals surface area contributed by atoms with Crippen LogP contribution in [0, 0.1) is 11.8 Å². The molecule has 0 spiro atoms. The maximum absolute atomic E-state index is 12.0. The number of carboxylic acid groups (broad SMARTS) is 1. The quantitative estimate of drug-likeness (QED) is 0.345. The van der Waals surface area contributed by atoms with Crippen LogP contribution in [0.2, 0.25) is 0 Å². The van der Waals surface area contributed by atoms with E-state index >= 15 is 0 Å². The monoisotopic (exact) mass is 282 g/mol. The Kier molecular flexibility index (Phi) is 5.96. The molecule has 1 aliphatic rings. The lowest BCUT2D eigenvalue weighted by Crippen LogP contribution is -2.36. The van der Waals surface area contributed by atoms with Gasteiger partial charge in [-0.05, 0) is 18.9 Å². The molecule has 1 saturated carbocycles. The molecule has 0 aromatic rings. The van der Waals surface area contributed by atoms with Gasteiger partial charge in [-0.15, -0.1) is 0 Å². The molecule has 20 heavy (non-hydrogen) atoms. The van der Waals surface area contributed by atoms with E-state index < -0.39 is 36.0 Å². The minimum Gasteiger partial charge on any atom is -0.481 e. The van der Waals surface area contributed by atoms with Crippen molar-refractivity contribution in [3.8, 4) is 0 Å². The lowest BCUT2D eigenvalue weighted by atomic mass is 9.79. The Labute approximate surface area is 117 Å². The SMILES string of the molecule is C=CC(=O)OC(C=C)OC(=O)C1CCCCC1C(=O)O. The van der Waals surface area contributed by atoms with Crippen molar-refractivity contribution in [3.05, 3.63) is 25.3 Å². The maximum Gasteiger partial charge on any atom is 0.333 e. The molecule has 1 rings (SSSR count). The molecular formula is C14H18O6. The summed E-state index contributed by atoms with van der Waals surface area (Å²) >= 11 is 0. The number of carbonyl (C=O) groups is 3. The van der Waals surface area contributed by atoms with Gasteiger partial charge in [-0.3, -0.25) is 9.59 Å². The van der Waals surface area contributed by atoms with Crippen LogP contribution in [0.25, 0.3) is 0 Å². The van der Waals surface area contributed by atoms with Gasteiger partial charge < -0.3 is 14.6 Å². The Balaban J connectivity index is 2.67. The Morgan fingerprint density at radius 3 is 2.20 bits per heavy atom. The number of aliphatic carboxylic acids is 1. The summed E-state index contributed by atoms with van der Waals surface area (Å²) in [6, 6.07) is 0. The van der Waals surface area contributed by atoms with Crippen LogP contribution in [0.5, 0.6) is 0 Å². The third-order valence-corrected chi connectivity index (χ3v) is 3.21. The smallest absolute Gasteiger partial charge is 0.333 e. The van der Waals surface area contributed by atoms with Gasteiger partial charge in [0.05, 0.1) is 11.8 Å². The van der Waals surface area contributed by atoms with Crippen LogP contribution in [-0.4, -0.2) is 29.3 Å². The van der Waals surface area contributed by atoms with Gasteiger partial charge in [0.1, 0.15) is 0 Å². The normalized spacial score (nSPS) is 23.2. The molecule has 6 nitrogen and oxygen atoms in total. The Hall–Kier alpha value is -2.11. The zero-order valence-electron chi connectivity index (χ0n) is 11.1. The molecular weight excluding hydrogens is 264 g/mol. The first-order valence-corrected chi connectivity index (χ1v) is 6.38. The van der Waals surface area contributed by atoms with Crippen LogP contribution in [0.15, 0.2) is 25.3 Å². The number of rotatable bonds is 6. The average Bonchev–Trinajstić information content (AvgIpc) is 2.45. The third kappa shape index (κ3) is 4.22. The molecule has 1 aliphatic carbocycles. The fourth-order valence-electron chi connectivity index (χ4n) is 2.19. The maximum atomic E-state index is 12.0. The summed E-state index contributed by atoms with van der Waals surface area (Å²) in [6.45, 7) is 6.62. The van der Waals surface area contributed by atoms with Crippen molar-refractivity contribution in [2.45, 2.75) is 32.0 Å². The van der Waals surface area contributed by atoms with E-state index in [4.69, 9.17) is 14.6 Å². The molecule has 110 valence electrons.